The number of halogens is 2. The number of anilines is 1. The van der Waals surface area contributed by atoms with Crippen LogP contribution in [0.25, 0.3) is 22.2 Å². The van der Waals surface area contributed by atoms with E-state index in [1.165, 1.54) is 11.8 Å². The van der Waals surface area contributed by atoms with E-state index >= 15 is 0 Å². The lowest BCUT2D eigenvalue weighted by Crippen LogP contribution is -2.09. The number of hydrogen-bond acceptors (Lipinski definition) is 6. The van der Waals surface area contributed by atoms with Crippen molar-refractivity contribution in [3.8, 4) is 11.1 Å². The van der Waals surface area contributed by atoms with Gasteiger partial charge in [-0.3, -0.25) is 0 Å². The van der Waals surface area contributed by atoms with Gasteiger partial charge in [0, 0.05) is 38.8 Å². The first-order valence-electron chi connectivity index (χ1n) is 7.14. The molecule has 0 bridgehead atoms. The summed E-state index contributed by atoms with van der Waals surface area (Å²) in [5.41, 5.74) is 2.30. The predicted molar refractivity (Wildman–Crippen MR) is 103 cm³/mol. The topological polar surface area (TPSA) is 70.9 Å². The normalized spacial score (nSPS) is 11.0. The van der Waals surface area contributed by atoms with Crippen molar-refractivity contribution in [2.75, 3.05) is 24.7 Å². The Balaban J connectivity index is 2.20. The molecule has 1 aromatic carbocycles. The van der Waals surface area contributed by atoms with E-state index in [1.54, 1.807) is 6.20 Å². The zero-order valence-electron chi connectivity index (χ0n) is 12.8. The molecule has 0 aliphatic carbocycles. The number of rotatable bonds is 5. The van der Waals surface area contributed by atoms with Crippen molar-refractivity contribution < 1.29 is 5.11 Å². The van der Waals surface area contributed by atoms with Crippen LogP contribution in [-0.2, 0) is 0 Å². The third-order valence-electron chi connectivity index (χ3n) is 3.35. The summed E-state index contributed by atoms with van der Waals surface area (Å²) in [6, 6.07) is 7.65. The van der Waals surface area contributed by atoms with Crippen LogP contribution in [0.3, 0.4) is 0 Å². The van der Waals surface area contributed by atoms with Gasteiger partial charge in [0.2, 0.25) is 0 Å². The summed E-state index contributed by atoms with van der Waals surface area (Å²) in [5, 5.41) is 14.4. The van der Waals surface area contributed by atoms with Crippen LogP contribution in [0.4, 0.5) is 5.82 Å². The highest BCUT2D eigenvalue weighted by atomic mass is 79.9. The number of aliphatic hydroxyl groups is 1. The molecular formula is C16H14BrClN4OS. The molecule has 0 fully saturated rings. The van der Waals surface area contributed by atoms with E-state index < -0.39 is 0 Å². The molecule has 0 radical (unpaired) electrons. The van der Waals surface area contributed by atoms with Crippen molar-refractivity contribution in [2.24, 2.45) is 0 Å². The summed E-state index contributed by atoms with van der Waals surface area (Å²) in [6.07, 6.45) is 3.68. The summed E-state index contributed by atoms with van der Waals surface area (Å²) in [5.74, 6) is 0.631. The van der Waals surface area contributed by atoms with E-state index in [2.05, 4.69) is 36.2 Å². The number of hydrogen-bond donors (Lipinski definition) is 2. The zero-order valence-corrected chi connectivity index (χ0v) is 15.9. The van der Waals surface area contributed by atoms with Gasteiger partial charge in [-0.15, -0.1) is 0 Å². The Labute approximate surface area is 157 Å². The monoisotopic (exact) mass is 424 g/mol. The van der Waals surface area contributed by atoms with E-state index in [0.29, 0.717) is 28.2 Å². The molecule has 2 N–H and O–H groups in total. The van der Waals surface area contributed by atoms with Gasteiger partial charge in [0.25, 0.3) is 0 Å². The summed E-state index contributed by atoms with van der Waals surface area (Å²) < 4.78 is 0.905. The maximum absolute atomic E-state index is 9.12. The fourth-order valence-electron chi connectivity index (χ4n) is 2.27. The average molecular weight is 426 g/mol. The quantitative estimate of drug-likeness (QED) is 0.471. The second-order valence-electron chi connectivity index (χ2n) is 4.93. The van der Waals surface area contributed by atoms with E-state index in [-0.39, 0.29) is 6.61 Å². The molecule has 0 amide bonds. The lowest BCUT2D eigenvalue weighted by atomic mass is 10.1. The predicted octanol–water partition coefficient (Wildman–Crippen LogP) is 4.23. The Bertz CT molecular complexity index is 893. The Morgan fingerprint density at radius 1 is 1.25 bits per heavy atom. The van der Waals surface area contributed by atoms with Gasteiger partial charge in [0.15, 0.2) is 10.8 Å². The molecule has 3 aromatic rings. The van der Waals surface area contributed by atoms with Gasteiger partial charge in [-0.25, -0.2) is 15.0 Å². The molecule has 0 atom stereocenters. The third kappa shape index (κ3) is 3.64. The molecule has 0 aliphatic heterocycles. The van der Waals surface area contributed by atoms with Crippen LogP contribution in [0.2, 0.25) is 5.02 Å². The summed E-state index contributed by atoms with van der Waals surface area (Å²) in [4.78, 5) is 13.3. The Morgan fingerprint density at radius 2 is 2.08 bits per heavy atom. The number of pyridine rings is 1. The van der Waals surface area contributed by atoms with Gasteiger partial charge in [-0.2, -0.15) is 0 Å². The van der Waals surface area contributed by atoms with Gasteiger partial charge < -0.3 is 10.4 Å². The van der Waals surface area contributed by atoms with Crippen LogP contribution in [0.1, 0.15) is 0 Å². The Kier molecular flexibility index (Phi) is 5.55. The molecule has 0 saturated heterocycles. The van der Waals surface area contributed by atoms with Crippen LogP contribution in [0.5, 0.6) is 0 Å². The van der Waals surface area contributed by atoms with E-state index in [1.807, 2.05) is 30.5 Å². The molecule has 0 aliphatic rings. The number of benzene rings is 1. The van der Waals surface area contributed by atoms with E-state index in [9.17, 15) is 0 Å². The van der Waals surface area contributed by atoms with Crippen molar-refractivity contribution in [1.29, 1.82) is 0 Å². The van der Waals surface area contributed by atoms with Crippen LogP contribution >= 0.6 is 39.3 Å². The van der Waals surface area contributed by atoms with E-state index in [4.69, 9.17) is 16.7 Å². The molecule has 0 spiro atoms. The molecule has 2 aromatic heterocycles. The van der Waals surface area contributed by atoms with Gasteiger partial charge in [0.05, 0.1) is 6.61 Å². The smallest absolute Gasteiger partial charge is 0.189 e. The minimum atomic E-state index is 0.00701. The molecular weight excluding hydrogens is 412 g/mol. The van der Waals surface area contributed by atoms with Gasteiger partial charge in [-0.1, -0.05) is 45.4 Å². The van der Waals surface area contributed by atoms with Gasteiger partial charge in [0.1, 0.15) is 5.82 Å². The Hall–Kier alpha value is -1.41. The minimum Gasteiger partial charge on any atom is -0.395 e. The minimum absolute atomic E-state index is 0.00701. The van der Waals surface area contributed by atoms with Gasteiger partial charge >= 0.3 is 0 Å². The SMILES string of the molecule is CSc1ncc2cc(-c3ccc(Br)cc3Cl)c(NCCO)nc2n1. The zero-order chi connectivity index (χ0) is 17.1. The highest BCUT2D eigenvalue weighted by Gasteiger charge is 2.13. The van der Waals surface area contributed by atoms with Crippen molar-refractivity contribution in [2.45, 2.75) is 5.16 Å². The first-order valence-corrected chi connectivity index (χ1v) is 9.54. The van der Waals surface area contributed by atoms with Crippen LogP contribution in [0.15, 0.2) is 40.1 Å². The fourth-order valence-corrected chi connectivity index (χ4v) is 3.38. The molecule has 8 heteroatoms. The molecule has 2 heterocycles. The number of thioether (sulfide) groups is 1. The average Bonchev–Trinajstić information content (AvgIpc) is 2.59. The van der Waals surface area contributed by atoms with Crippen LogP contribution in [-0.4, -0.2) is 39.5 Å². The lowest BCUT2D eigenvalue weighted by molar-refractivity contribution is 0.311. The van der Waals surface area contributed by atoms with Crippen molar-refractivity contribution in [3.63, 3.8) is 0 Å². The van der Waals surface area contributed by atoms with Crippen molar-refractivity contribution in [1.82, 2.24) is 15.0 Å². The largest absolute Gasteiger partial charge is 0.395 e. The summed E-state index contributed by atoms with van der Waals surface area (Å²) in [7, 11) is 0. The fraction of sp³-hybridized carbons (Fsp3) is 0.188. The van der Waals surface area contributed by atoms with Crippen LogP contribution in [0, 0.1) is 0 Å². The second kappa shape index (κ2) is 7.65. The van der Waals surface area contributed by atoms with Crippen molar-refractivity contribution in [3.05, 3.63) is 40.0 Å². The molecule has 0 saturated carbocycles. The molecule has 24 heavy (non-hydrogen) atoms. The maximum Gasteiger partial charge on any atom is 0.189 e. The number of aromatic nitrogens is 3. The number of aliphatic hydroxyl groups excluding tert-OH is 1. The summed E-state index contributed by atoms with van der Waals surface area (Å²) >= 11 is 11.3. The first kappa shape index (κ1) is 17.4. The molecule has 3 rings (SSSR count). The summed E-state index contributed by atoms with van der Waals surface area (Å²) in [6.45, 7) is 0.396. The molecule has 0 unspecified atom stereocenters. The van der Waals surface area contributed by atoms with Crippen LogP contribution < -0.4 is 5.32 Å². The highest BCUT2D eigenvalue weighted by molar-refractivity contribution is 9.10. The lowest BCUT2D eigenvalue weighted by Gasteiger charge is -2.13. The highest BCUT2D eigenvalue weighted by Crippen LogP contribution is 2.35. The van der Waals surface area contributed by atoms with E-state index in [0.717, 1.165) is 21.0 Å². The number of fused-ring (bicyclic) bond motifs is 1. The number of nitrogens with zero attached hydrogens (tertiary/aromatic N) is 3. The first-order chi connectivity index (χ1) is 11.6. The number of nitrogens with one attached hydrogen (secondary N) is 1. The second-order valence-corrected chi connectivity index (χ2v) is 7.02. The maximum atomic E-state index is 9.12. The molecule has 124 valence electrons. The van der Waals surface area contributed by atoms with Gasteiger partial charge in [-0.05, 0) is 24.5 Å². The Morgan fingerprint density at radius 3 is 2.79 bits per heavy atom. The molecule has 5 nitrogen and oxygen atoms in total. The van der Waals surface area contributed by atoms with Crippen molar-refractivity contribution >= 4 is 56.1 Å². The standard InChI is InChI=1S/C16H14BrClN4OS/c1-24-16-20-8-9-6-12(11-3-2-10(17)7-13(11)18)15(19-4-5-23)21-14(9)22-16/h2-3,6-8,23H,4-5H2,1H3,(H,19,20,21,22). The third-order valence-corrected chi connectivity index (χ3v) is 4.72.